The van der Waals surface area contributed by atoms with Gasteiger partial charge in [-0.3, -0.25) is 0 Å². The average molecular weight is 913 g/mol. The summed E-state index contributed by atoms with van der Waals surface area (Å²) in [5, 5.41) is 0. The molecule has 0 atom stereocenters. The molecule has 2 nitrogen and oxygen atoms in total. The molecule has 342 valence electrons. The van der Waals surface area contributed by atoms with Gasteiger partial charge >= 0.3 is 0 Å². The minimum Gasteiger partial charge on any atom is -0.310 e. The first-order valence-electron chi connectivity index (χ1n) is 24.1. The van der Waals surface area contributed by atoms with Gasteiger partial charge in [0.05, 0.1) is 0 Å². The van der Waals surface area contributed by atoms with Crippen molar-refractivity contribution < 1.29 is 8.78 Å². The molecule has 0 amide bonds. The van der Waals surface area contributed by atoms with Crippen LogP contribution in [0.4, 0.5) is 42.9 Å². The van der Waals surface area contributed by atoms with Crippen LogP contribution in [0.15, 0.2) is 194 Å². The Morgan fingerprint density at radius 2 is 0.629 bits per heavy atom. The molecule has 70 heavy (non-hydrogen) atoms. The molecule has 0 saturated heterocycles. The average Bonchev–Trinajstić information content (AvgIpc) is 3.73. The zero-order chi connectivity index (χ0) is 48.3. The summed E-state index contributed by atoms with van der Waals surface area (Å²) in [5.74, 6) is -0.498. The molecule has 0 bridgehead atoms. The van der Waals surface area contributed by atoms with Gasteiger partial charge in [0.15, 0.2) is 0 Å². The minimum atomic E-state index is -0.249. The van der Waals surface area contributed by atoms with Crippen LogP contribution in [-0.2, 0) is 10.8 Å². The molecule has 2 aliphatic carbocycles. The third-order valence-electron chi connectivity index (χ3n) is 14.6. The Morgan fingerprint density at radius 1 is 0.329 bits per heavy atom. The number of halogens is 2. The van der Waals surface area contributed by atoms with Gasteiger partial charge in [0.2, 0.25) is 0 Å². The maximum atomic E-state index is 14.1. The molecule has 0 aliphatic heterocycles. The van der Waals surface area contributed by atoms with Gasteiger partial charge in [0, 0.05) is 45.0 Å². The zero-order valence-electron chi connectivity index (χ0n) is 40.4. The number of hydrogen-bond acceptors (Lipinski definition) is 2. The molecule has 2 aliphatic rings. The lowest BCUT2D eigenvalue weighted by atomic mass is 9.81. The van der Waals surface area contributed by atoms with Crippen LogP contribution in [0.1, 0.15) is 83.3 Å². The Morgan fingerprint density at radius 3 is 1.00 bits per heavy atom. The molecule has 0 saturated carbocycles. The van der Waals surface area contributed by atoms with Crippen LogP contribution in [0.3, 0.4) is 0 Å². The monoisotopic (exact) mass is 912 g/mol. The van der Waals surface area contributed by atoms with Crippen LogP contribution in [-0.4, -0.2) is 0 Å². The highest BCUT2D eigenvalue weighted by Gasteiger charge is 2.38. The van der Waals surface area contributed by atoms with E-state index in [2.05, 4.69) is 221 Å². The fourth-order valence-corrected chi connectivity index (χ4v) is 10.7. The van der Waals surface area contributed by atoms with E-state index in [9.17, 15) is 8.78 Å². The van der Waals surface area contributed by atoms with Crippen LogP contribution in [0.5, 0.6) is 0 Å². The molecule has 0 radical (unpaired) electrons. The quantitative estimate of drug-likeness (QED) is 0.126. The van der Waals surface area contributed by atoms with E-state index in [0.29, 0.717) is 0 Å². The van der Waals surface area contributed by atoms with Crippen molar-refractivity contribution in [1.82, 2.24) is 0 Å². The van der Waals surface area contributed by atoms with Gasteiger partial charge in [-0.05, 0) is 177 Å². The lowest BCUT2D eigenvalue weighted by Gasteiger charge is -2.29. The van der Waals surface area contributed by atoms with E-state index < -0.39 is 0 Å². The maximum Gasteiger partial charge on any atom is 0.123 e. The molecule has 0 aromatic heterocycles. The van der Waals surface area contributed by atoms with Crippen LogP contribution in [0, 0.1) is 25.5 Å². The second-order valence-corrected chi connectivity index (χ2v) is 19.8. The van der Waals surface area contributed by atoms with Crippen LogP contribution in [0.25, 0.3) is 46.6 Å². The Balaban J connectivity index is 0.801. The normalized spacial score (nSPS) is 13.8. The first-order chi connectivity index (χ1) is 33.8. The lowest BCUT2D eigenvalue weighted by Crippen LogP contribution is -2.17. The maximum absolute atomic E-state index is 14.1. The van der Waals surface area contributed by atoms with Gasteiger partial charge < -0.3 is 9.80 Å². The topological polar surface area (TPSA) is 6.48 Å². The Labute approximate surface area is 411 Å². The number of fused-ring (bicyclic) bond motifs is 6. The predicted octanol–water partition coefficient (Wildman–Crippen LogP) is 18.5. The predicted molar refractivity (Wildman–Crippen MR) is 291 cm³/mol. The van der Waals surface area contributed by atoms with E-state index in [1.165, 1.54) is 68.8 Å². The van der Waals surface area contributed by atoms with Crippen molar-refractivity contribution in [1.29, 1.82) is 0 Å². The largest absolute Gasteiger partial charge is 0.310 e. The van der Waals surface area contributed by atoms with Gasteiger partial charge in [0.1, 0.15) is 11.6 Å². The lowest BCUT2D eigenvalue weighted by molar-refractivity contribution is 0.627. The van der Waals surface area contributed by atoms with E-state index in [0.717, 1.165) is 67.5 Å². The van der Waals surface area contributed by atoms with Crippen LogP contribution >= 0.6 is 0 Å². The number of rotatable bonds is 10. The highest BCUT2D eigenvalue weighted by molar-refractivity contribution is 5.89. The molecule has 0 fully saturated rings. The molecule has 0 spiro atoms. The zero-order valence-corrected chi connectivity index (χ0v) is 40.4. The number of para-hydroxylation sites is 2. The molecule has 11 rings (SSSR count). The second-order valence-electron chi connectivity index (χ2n) is 19.8. The molecular formula is C66H54F2N2. The van der Waals surface area contributed by atoms with Crippen molar-refractivity contribution in [2.75, 3.05) is 9.80 Å². The summed E-state index contributed by atoms with van der Waals surface area (Å²) in [4.78, 5) is 4.46. The number of aryl methyl sites for hydroxylation is 2. The molecule has 4 heteroatoms. The van der Waals surface area contributed by atoms with Crippen molar-refractivity contribution in [2.45, 2.75) is 52.4 Å². The summed E-state index contributed by atoms with van der Waals surface area (Å²) in [7, 11) is 0. The summed E-state index contributed by atoms with van der Waals surface area (Å²) in [5.41, 5.74) is 22.7. The molecular weight excluding hydrogens is 859 g/mol. The van der Waals surface area contributed by atoms with Gasteiger partial charge in [-0.1, -0.05) is 161 Å². The Hall–Kier alpha value is -8.08. The highest BCUT2D eigenvalue weighted by Crippen LogP contribution is 2.53. The van der Waals surface area contributed by atoms with Gasteiger partial charge in [-0.15, -0.1) is 0 Å². The molecule has 9 aromatic rings. The van der Waals surface area contributed by atoms with Crippen molar-refractivity contribution in [3.8, 4) is 22.3 Å². The van der Waals surface area contributed by atoms with Crippen molar-refractivity contribution in [3.05, 3.63) is 261 Å². The standard InChI is InChI=1S/C66H54F2N2/c1-43-11-7-9-13-63(43)69(51-29-25-49(67)26-30-51)53-33-37-57-55-35-23-47(39-59(55)65(3,4)61(57)41-53)21-19-45-15-17-46(18-16-45)20-22-48-24-36-56-58-38-34-54(42-62(58)66(5,6)60(56)40-48)70(52-31-27-50(68)28-32-52)64-14-10-8-12-44(64)2/h7-42H,1-6H3. The number of nitrogens with zero attached hydrogens (tertiary/aromatic N) is 2. The second kappa shape index (κ2) is 17.5. The first-order valence-corrected chi connectivity index (χ1v) is 24.1. The minimum absolute atomic E-state index is 0.225. The smallest absolute Gasteiger partial charge is 0.123 e. The van der Waals surface area contributed by atoms with E-state index in [4.69, 9.17) is 0 Å². The summed E-state index contributed by atoms with van der Waals surface area (Å²) >= 11 is 0. The fraction of sp³-hybridized carbons (Fsp3) is 0.121. The van der Waals surface area contributed by atoms with Crippen molar-refractivity contribution in [2.24, 2.45) is 0 Å². The van der Waals surface area contributed by atoms with Gasteiger partial charge in [0.25, 0.3) is 0 Å². The summed E-state index contributed by atoms with van der Waals surface area (Å²) in [6, 6.07) is 66.1. The molecule has 0 heterocycles. The highest BCUT2D eigenvalue weighted by atomic mass is 19.1. The van der Waals surface area contributed by atoms with Gasteiger partial charge in [-0.25, -0.2) is 8.78 Å². The van der Waals surface area contributed by atoms with Crippen molar-refractivity contribution >= 4 is 58.4 Å². The van der Waals surface area contributed by atoms with Gasteiger partial charge in [-0.2, -0.15) is 0 Å². The SMILES string of the molecule is Cc1ccccc1N(c1ccc(F)cc1)c1ccc2c(c1)C(C)(C)c1cc(C=Cc3ccc(C=Cc4ccc5c(c4)C(C)(C)c4cc(N(c6ccc(F)cc6)c6ccccc6C)ccc4-5)cc3)ccc1-2. The summed E-state index contributed by atoms with van der Waals surface area (Å²) in [6.45, 7) is 13.5. The summed E-state index contributed by atoms with van der Waals surface area (Å²) in [6.07, 6.45) is 8.80. The number of hydrogen-bond donors (Lipinski definition) is 0. The fourth-order valence-electron chi connectivity index (χ4n) is 10.7. The van der Waals surface area contributed by atoms with Crippen molar-refractivity contribution in [3.63, 3.8) is 0 Å². The van der Waals surface area contributed by atoms with Crippen LogP contribution in [0.2, 0.25) is 0 Å². The molecule has 9 aromatic carbocycles. The van der Waals surface area contributed by atoms with Crippen LogP contribution < -0.4 is 9.80 Å². The Kier molecular flexibility index (Phi) is 11.1. The third-order valence-corrected chi connectivity index (χ3v) is 14.6. The first kappa shape index (κ1) is 44.4. The van der Waals surface area contributed by atoms with E-state index >= 15 is 0 Å². The van der Waals surface area contributed by atoms with E-state index in [1.54, 1.807) is 0 Å². The number of benzene rings is 9. The summed E-state index contributed by atoms with van der Waals surface area (Å²) < 4.78 is 28.2. The van der Waals surface area contributed by atoms with E-state index in [-0.39, 0.29) is 22.5 Å². The third kappa shape index (κ3) is 7.93. The molecule has 0 N–H and O–H groups in total. The van der Waals surface area contributed by atoms with E-state index in [1.807, 2.05) is 24.3 Å². The molecule has 0 unspecified atom stereocenters. The number of anilines is 6. The Bertz CT molecular complexity index is 3290.